The molecule has 2 nitrogen and oxygen atoms in total. The molecule has 0 aliphatic carbocycles. The van der Waals surface area contributed by atoms with Crippen molar-refractivity contribution >= 4 is 0 Å². The van der Waals surface area contributed by atoms with E-state index in [0.717, 1.165) is 6.04 Å². The van der Waals surface area contributed by atoms with Crippen molar-refractivity contribution in [3.8, 4) is 0 Å². The second-order valence-corrected chi connectivity index (χ2v) is 3.85. The third kappa shape index (κ3) is 5.27. The fraction of sp³-hybridized carbons (Fsp3) is 1.00. The van der Waals surface area contributed by atoms with E-state index in [2.05, 4.69) is 30.9 Å². The Morgan fingerprint density at radius 1 is 1.08 bits per heavy atom. The molecule has 1 saturated heterocycles. The summed E-state index contributed by atoms with van der Waals surface area (Å²) in [5.41, 5.74) is 0. The predicted octanol–water partition coefficient (Wildman–Crippen LogP) is 2.06. The van der Waals surface area contributed by atoms with Gasteiger partial charge in [0, 0.05) is 6.04 Å². The van der Waals surface area contributed by atoms with Gasteiger partial charge in [-0.1, -0.05) is 13.8 Å². The lowest BCUT2D eigenvalue weighted by Gasteiger charge is -2.22. The lowest BCUT2D eigenvalue weighted by atomic mass is 10.1. The topological polar surface area (TPSA) is 6.48 Å². The first kappa shape index (κ1) is 12.9. The molecule has 0 N–H and O–H groups in total. The summed E-state index contributed by atoms with van der Waals surface area (Å²) in [6, 6.07) is 0.819. The summed E-state index contributed by atoms with van der Waals surface area (Å²) in [6.45, 7) is 6.55. The van der Waals surface area contributed by atoms with Gasteiger partial charge in [-0.15, -0.1) is 0 Å². The van der Waals surface area contributed by atoms with Crippen LogP contribution in [0.3, 0.4) is 0 Å². The van der Waals surface area contributed by atoms with Gasteiger partial charge in [-0.3, -0.25) is 0 Å². The number of likely N-dealkylation sites (tertiary alicyclic amines) is 1. The molecular weight excluding hydrogens is 160 g/mol. The molecule has 0 radical (unpaired) electrons. The zero-order valence-corrected chi connectivity index (χ0v) is 10.0. The van der Waals surface area contributed by atoms with Crippen molar-refractivity contribution in [2.45, 2.75) is 39.2 Å². The fourth-order valence-corrected chi connectivity index (χ4v) is 1.74. The minimum Gasteiger partial charge on any atom is -0.306 e. The molecule has 0 aromatic rings. The van der Waals surface area contributed by atoms with E-state index in [1.165, 1.54) is 32.4 Å². The Hall–Kier alpha value is -0.0800. The summed E-state index contributed by atoms with van der Waals surface area (Å²) in [6.07, 6.45) is 4.07. The lowest BCUT2D eigenvalue weighted by molar-refractivity contribution is 0.262. The molecule has 0 saturated carbocycles. The molecule has 0 aromatic heterocycles. The van der Waals surface area contributed by atoms with Gasteiger partial charge in [0.2, 0.25) is 0 Å². The van der Waals surface area contributed by atoms with Crippen molar-refractivity contribution in [2.24, 2.45) is 0 Å². The Morgan fingerprint density at radius 2 is 1.69 bits per heavy atom. The normalized spacial score (nSPS) is 24.9. The smallest absolute Gasteiger partial charge is 0.0102 e. The Bertz CT molecular complexity index is 113. The van der Waals surface area contributed by atoms with E-state index in [-0.39, 0.29) is 0 Å². The van der Waals surface area contributed by atoms with Crippen molar-refractivity contribution in [3.05, 3.63) is 0 Å². The molecule has 1 fully saturated rings. The summed E-state index contributed by atoms with van der Waals surface area (Å²) < 4.78 is 0. The minimum atomic E-state index is 0.819. The fourth-order valence-electron chi connectivity index (χ4n) is 1.74. The first-order valence-electron chi connectivity index (χ1n) is 5.55. The van der Waals surface area contributed by atoms with Crippen LogP contribution >= 0.6 is 0 Å². The Balaban J connectivity index is 0.000000671. The van der Waals surface area contributed by atoms with E-state index in [1.54, 1.807) is 0 Å². The average Bonchev–Trinajstić information content (AvgIpc) is 2.33. The van der Waals surface area contributed by atoms with Crippen LogP contribution in [0.25, 0.3) is 0 Å². The summed E-state index contributed by atoms with van der Waals surface area (Å²) in [4.78, 5) is 4.79. The molecule has 1 aliphatic heterocycles. The van der Waals surface area contributed by atoms with Crippen LogP contribution in [-0.2, 0) is 0 Å². The summed E-state index contributed by atoms with van der Waals surface area (Å²) in [5, 5.41) is 0. The van der Waals surface area contributed by atoms with Gasteiger partial charge in [0.15, 0.2) is 0 Å². The van der Waals surface area contributed by atoms with E-state index >= 15 is 0 Å². The van der Waals surface area contributed by atoms with E-state index in [0.29, 0.717) is 0 Å². The molecule has 0 bridgehead atoms. The molecule has 0 aromatic carbocycles. The number of hydrogen-bond donors (Lipinski definition) is 0. The van der Waals surface area contributed by atoms with E-state index in [4.69, 9.17) is 0 Å². The van der Waals surface area contributed by atoms with Crippen molar-refractivity contribution in [3.63, 3.8) is 0 Å². The van der Waals surface area contributed by atoms with Crippen molar-refractivity contribution in [1.29, 1.82) is 0 Å². The standard InChI is InChI=1S/C9H20N2.C2H6/c1-10(2)9-5-4-7-11(3)8-6-9;1-2/h9H,4-8H2,1-3H3;1-2H3. The highest BCUT2D eigenvalue weighted by atomic mass is 15.1. The molecule has 1 unspecified atom stereocenters. The molecule has 13 heavy (non-hydrogen) atoms. The minimum absolute atomic E-state index is 0.819. The lowest BCUT2D eigenvalue weighted by Crippen LogP contribution is -2.28. The quantitative estimate of drug-likeness (QED) is 0.618. The highest BCUT2D eigenvalue weighted by Gasteiger charge is 2.15. The first-order valence-corrected chi connectivity index (χ1v) is 5.55. The van der Waals surface area contributed by atoms with Crippen LogP contribution in [0.15, 0.2) is 0 Å². The molecule has 2 heteroatoms. The van der Waals surface area contributed by atoms with Gasteiger partial charge in [-0.2, -0.15) is 0 Å². The Kier molecular flexibility index (Phi) is 7.29. The van der Waals surface area contributed by atoms with Gasteiger partial charge < -0.3 is 9.80 Å². The molecular formula is C11H26N2. The van der Waals surface area contributed by atoms with Crippen LogP contribution in [-0.4, -0.2) is 50.1 Å². The van der Waals surface area contributed by atoms with E-state index < -0.39 is 0 Å². The van der Waals surface area contributed by atoms with Crippen LogP contribution in [0.4, 0.5) is 0 Å². The highest BCUT2D eigenvalue weighted by Crippen LogP contribution is 2.12. The van der Waals surface area contributed by atoms with Gasteiger partial charge in [0.1, 0.15) is 0 Å². The Labute approximate surface area is 83.9 Å². The predicted molar refractivity (Wildman–Crippen MR) is 60.2 cm³/mol. The second kappa shape index (κ2) is 7.34. The molecule has 0 spiro atoms. The number of nitrogens with zero attached hydrogens (tertiary/aromatic N) is 2. The van der Waals surface area contributed by atoms with E-state index in [1.807, 2.05) is 13.8 Å². The van der Waals surface area contributed by atoms with Crippen LogP contribution in [0.1, 0.15) is 33.1 Å². The molecule has 0 amide bonds. The zero-order valence-electron chi connectivity index (χ0n) is 10.0. The van der Waals surface area contributed by atoms with Gasteiger partial charge >= 0.3 is 0 Å². The van der Waals surface area contributed by atoms with Gasteiger partial charge in [0.05, 0.1) is 0 Å². The molecule has 1 rings (SSSR count). The van der Waals surface area contributed by atoms with Gasteiger partial charge in [-0.05, 0) is 53.5 Å². The monoisotopic (exact) mass is 186 g/mol. The van der Waals surface area contributed by atoms with Crippen LogP contribution < -0.4 is 0 Å². The van der Waals surface area contributed by atoms with Crippen LogP contribution in [0.2, 0.25) is 0 Å². The molecule has 1 aliphatic rings. The van der Waals surface area contributed by atoms with Crippen molar-refractivity contribution in [2.75, 3.05) is 34.2 Å². The largest absolute Gasteiger partial charge is 0.306 e. The summed E-state index contributed by atoms with van der Waals surface area (Å²) in [5.74, 6) is 0. The molecule has 80 valence electrons. The van der Waals surface area contributed by atoms with Crippen LogP contribution in [0, 0.1) is 0 Å². The van der Waals surface area contributed by atoms with Gasteiger partial charge in [-0.25, -0.2) is 0 Å². The first-order chi connectivity index (χ1) is 6.20. The maximum absolute atomic E-state index is 2.43. The second-order valence-electron chi connectivity index (χ2n) is 3.85. The zero-order chi connectivity index (χ0) is 10.3. The molecule has 1 heterocycles. The van der Waals surface area contributed by atoms with Crippen molar-refractivity contribution < 1.29 is 0 Å². The third-order valence-corrected chi connectivity index (χ3v) is 2.65. The SMILES string of the molecule is CC.CN1CCCC(N(C)C)CC1. The maximum atomic E-state index is 2.43. The number of hydrogen-bond acceptors (Lipinski definition) is 2. The van der Waals surface area contributed by atoms with Crippen molar-refractivity contribution in [1.82, 2.24) is 9.80 Å². The Morgan fingerprint density at radius 3 is 2.23 bits per heavy atom. The van der Waals surface area contributed by atoms with E-state index in [9.17, 15) is 0 Å². The van der Waals surface area contributed by atoms with Crippen LogP contribution in [0.5, 0.6) is 0 Å². The summed E-state index contributed by atoms with van der Waals surface area (Å²) >= 11 is 0. The highest BCUT2D eigenvalue weighted by molar-refractivity contribution is 4.72. The third-order valence-electron chi connectivity index (χ3n) is 2.65. The molecule has 1 atom stereocenters. The maximum Gasteiger partial charge on any atom is 0.0102 e. The summed E-state index contributed by atoms with van der Waals surface area (Å²) in [7, 11) is 6.60. The van der Waals surface area contributed by atoms with Gasteiger partial charge in [0.25, 0.3) is 0 Å². The number of rotatable bonds is 1. The average molecular weight is 186 g/mol.